The maximum Gasteiger partial charge on any atom is 0.236 e. The molecule has 0 heterocycles. The van der Waals surface area contributed by atoms with Crippen LogP contribution in [0, 0.1) is 12.7 Å². The highest BCUT2D eigenvalue weighted by molar-refractivity contribution is 9.10. The molecule has 0 aliphatic heterocycles. The van der Waals surface area contributed by atoms with Crippen LogP contribution in [0.5, 0.6) is 0 Å². The largest absolute Gasteiger partial charge is 0.313 e. The van der Waals surface area contributed by atoms with Crippen molar-refractivity contribution in [1.82, 2.24) is 5.32 Å². The Balaban J connectivity index is 2.88. The van der Waals surface area contributed by atoms with Crippen molar-refractivity contribution in [3.63, 3.8) is 0 Å². The molecule has 1 rings (SSSR count). The van der Waals surface area contributed by atoms with Crippen molar-refractivity contribution in [2.24, 2.45) is 0 Å². The summed E-state index contributed by atoms with van der Waals surface area (Å²) in [6.07, 6.45) is 0. The Bertz CT molecular complexity index is 576. The summed E-state index contributed by atoms with van der Waals surface area (Å²) in [4.78, 5) is 0. The van der Waals surface area contributed by atoms with Crippen molar-refractivity contribution in [1.29, 1.82) is 0 Å². The molecule has 0 fully saturated rings. The molecule has 20 heavy (non-hydrogen) atoms. The van der Waals surface area contributed by atoms with Crippen LogP contribution in [0.25, 0.3) is 0 Å². The van der Waals surface area contributed by atoms with Crippen LogP contribution in [0.2, 0.25) is 0 Å². The normalized spacial score (nSPS) is 13.6. The molecule has 1 aromatic carbocycles. The smallest absolute Gasteiger partial charge is 0.236 e. The van der Waals surface area contributed by atoms with Gasteiger partial charge in [0.25, 0.3) is 0 Å². The number of rotatable bonds is 6. The zero-order chi connectivity index (χ0) is 15.5. The van der Waals surface area contributed by atoms with Crippen LogP contribution in [0.1, 0.15) is 26.3 Å². The van der Waals surface area contributed by atoms with Crippen LogP contribution >= 0.6 is 15.9 Å². The predicted octanol–water partition coefficient (Wildman–Crippen LogP) is 3.02. The second kappa shape index (κ2) is 6.87. The third kappa shape index (κ3) is 4.71. The SMILES string of the molecule is Cc1cc(F)c(Br)cc1NS(=O)(=O)C(C)CNC(C)C. The minimum absolute atomic E-state index is 0.217. The first-order valence-corrected chi connectivity index (χ1v) is 8.68. The number of halogens is 2. The van der Waals surface area contributed by atoms with Gasteiger partial charge in [0.1, 0.15) is 5.82 Å². The molecule has 0 saturated heterocycles. The molecule has 7 heteroatoms. The molecule has 0 bridgehead atoms. The molecule has 0 aliphatic carbocycles. The van der Waals surface area contributed by atoms with E-state index in [2.05, 4.69) is 26.0 Å². The maximum atomic E-state index is 13.3. The van der Waals surface area contributed by atoms with Crippen molar-refractivity contribution in [2.75, 3.05) is 11.3 Å². The van der Waals surface area contributed by atoms with Gasteiger partial charge in [-0.2, -0.15) is 0 Å². The number of hydrogen-bond donors (Lipinski definition) is 2. The molecule has 114 valence electrons. The van der Waals surface area contributed by atoms with Crippen LogP contribution in [-0.2, 0) is 10.0 Å². The van der Waals surface area contributed by atoms with Gasteiger partial charge in [-0.25, -0.2) is 12.8 Å². The topological polar surface area (TPSA) is 58.2 Å². The molecule has 0 radical (unpaired) electrons. The monoisotopic (exact) mass is 366 g/mol. The molecule has 0 saturated carbocycles. The molecule has 0 spiro atoms. The van der Waals surface area contributed by atoms with E-state index in [-0.39, 0.29) is 10.5 Å². The Labute approximate surface area is 128 Å². The number of nitrogens with one attached hydrogen (secondary N) is 2. The molecular weight excluding hydrogens is 347 g/mol. The Morgan fingerprint density at radius 2 is 1.90 bits per heavy atom. The summed E-state index contributed by atoms with van der Waals surface area (Å²) >= 11 is 3.05. The summed E-state index contributed by atoms with van der Waals surface area (Å²) in [5, 5.41) is 2.49. The van der Waals surface area contributed by atoms with E-state index >= 15 is 0 Å². The van der Waals surface area contributed by atoms with E-state index < -0.39 is 21.1 Å². The van der Waals surface area contributed by atoms with E-state index in [1.807, 2.05) is 13.8 Å². The molecule has 4 nitrogen and oxygen atoms in total. The first-order valence-electron chi connectivity index (χ1n) is 6.34. The summed E-state index contributed by atoms with van der Waals surface area (Å²) in [5.41, 5.74) is 0.924. The fourth-order valence-electron chi connectivity index (χ4n) is 1.52. The first-order chi connectivity index (χ1) is 9.13. The van der Waals surface area contributed by atoms with Crippen LogP contribution in [0.15, 0.2) is 16.6 Å². The second-order valence-corrected chi connectivity index (χ2v) is 8.06. The van der Waals surface area contributed by atoms with Crippen LogP contribution in [-0.4, -0.2) is 26.3 Å². The summed E-state index contributed by atoms with van der Waals surface area (Å²) < 4.78 is 40.5. The van der Waals surface area contributed by atoms with E-state index in [0.717, 1.165) is 0 Å². The van der Waals surface area contributed by atoms with Crippen molar-refractivity contribution in [3.8, 4) is 0 Å². The lowest BCUT2D eigenvalue weighted by Gasteiger charge is -2.18. The summed E-state index contributed by atoms with van der Waals surface area (Å²) in [6, 6.07) is 2.94. The highest BCUT2D eigenvalue weighted by atomic mass is 79.9. The second-order valence-electron chi connectivity index (χ2n) is 5.10. The number of benzene rings is 1. The summed E-state index contributed by atoms with van der Waals surface area (Å²) in [6.45, 7) is 7.55. The number of aryl methyl sites for hydroxylation is 1. The Morgan fingerprint density at radius 3 is 2.45 bits per heavy atom. The molecule has 1 aromatic rings. The van der Waals surface area contributed by atoms with Gasteiger partial charge in [0.2, 0.25) is 10.0 Å². The van der Waals surface area contributed by atoms with Crippen molar-refractivity contribution in [2.45, 2.75) is 39.0 Å². The summed E-state index contributed by atoms with van der Waals surface area (Å²) in [5.74, 6) is -0.417. The summed E-state index contributed by atoms with van der Waals surface area (Å²) in [7, 11) is -3.52. The molecule has 0 amide bonds. The van der Waals surface area contributed by atoms with E-state index in [9.17, 15) is 12.8 Å². The van der Waals surface area contributed by atoms with Crippen molar-refractivity contribution in [3.05, 3.63) is 28.0 Å². The van der Waals surface area contributed by atoms with Crippen LogP contribution < -0.4 is 10.0 Å². The van der Waals surface area contributed by atoms with Gasteiger partial charge >= 0.3 is 0 Å². The minimum Gasteiger partial charge on any atom is -0.313 e. The lowest BCUT2D eigenvalue weighted by Crippen LogP contribution is -2.37. The Kier molecular flexibility index (Phi) is 5.97. The van der Waals surface area contributed by atoms with Gasteiger partial charge < -0.3 is 5.32 Å². The molecule has 0 aromatic heterocycles. The van der Waals surface area contributed by atoms with E-state index in [1.54, 1.807) is 13.8 Å². The van der Waals surface area contributed by atoms with Crippen molar-refractivity contribution < 1.29 is 12.8 Å². The van der Waals surface area contributed by atoms with Crippen LogP contribution in [0.4, 0.5) is 10.1 Å². The number of anilines is 1. The molecule has 1 atom stereocenters. The first kappa shape index (κ1) is 17.4. The maximum absolute atomic E-state index is 13.3. The highest BCUT2D eigenvalue weighted by Gasteiger charge is 2.21. The van der Waals surface area contributed by atoms with Gasteiger partial charge in [-0.3, -0.25) is 4.72 Å². The van der Waals surface area contributed by atoms with Crippen LogP contribution in [0.3, 0.4) is 0 Å². The molecular formula is C13H20BrFN2O2S. The Hall–Kier alpha value is -0.660. The Morgan fingerprint density at radius 1 is 1.30 bits per heavy atom. The zero-order valence-electron chi connectivity index (χ0n) is 12.0. The van der Waals surface area contributed by atoms with Crippen molar-refractivity contribution >= 4 is 31.6 Å². The lowest BCUT2D eigenvalue weighted by molar-refractivity contribution is 0.553. The van der Waals surface area contributed by atoms with Gasteiger partial charge in [-0.15, -0.1) is 0 Å². The van der Waals surface area contributed by atoms with E-state index in [1.165, 1.54) is 12.1 Å². The fourth-order valence-corrected chi connectivity index (χ4v) is 2.91. The standard InChI is InChI=1S/C13H20BrFN2O2S/c1-8(2)16-7-10(4)20(18,19)17-13-6-11(14)12(15)5-9(13)3/h5-6,8,10,16-17H,7H2,1-4H3. The molecule has 1 unspecified atom stereocenters. The molecule has 0 aliphatic rings. The van der Waals surface area contributed by atoms with Gasteiger partial charge in [-0.05, 0) is 47.5 Å². The fraction of sp³-hybridized carbons (Fsp3) is 0.538. The number of hydrogen-bond acceptors (Lipinski definition) is 3. The van der Waals surface area contributed by atoms with E-state index in [0.29, 0.717) is 17.8 Å². The molecule has 2 N–H and O–H groups in total. The lowest BCUT2D eigenvalue weighted by atomic mass is 10.2. The average molecular weight is 367 g/mol. The minimum atomic E-state index is -3.52. The van der Waals surface area contributed by atoms with E-state index in [4.69, 9.17) is 0 Å². The number of sulfonamides is 1. The third-order valence-electron chi connectivity index (χ3n) is 2.86. The zero-order valence-corrected chi connectivity index (χ0v) is 14.4. The van der Waals surface area contributed by atoms with Gasteiger partial charge in [0, 0.05) is 12.6 Å². The third-order valence-corrected chi connectivity index (χ3v) is 5.20. The van der Waals surface area contributed by atoms with Gasteiger partial charge in [0.15, 0.2) is 0 Å². The predicted molar refractivity (Wildman–Crippen MR) is 84.0 cm³/mol. The average Bonchev–Trinajstić information content (AvgIpc) is 2.32. The quantitative estimate of drug-likeness (QED) is 0.813. The highest BCUT2D eigenvalue weighted by Crippen LogP contribution is 2.25. The van der Waals surface area contributed by atoms with Gasteiger partial charge in [0.05, 0.1) is 15.4 Å². The van der Waals surface area contributed by atoms with Gasteiger partial charge in [-0.1, -0.05) is 13.8 Å².